The van der Waals surface area contributed by atoms with Gasteiger partial charge in [0.1, 0.15) is 0 Å². The lowest BCUT2D eigenvalue weighted by Gasteiger charge is -2.08. The van der Waals surface area contributed by atoms with Crippen LogP contribution in [0.1, 0.15) is 33.1 Å². The fourth-order valence-electron chi connectivity index (χ4n) is 1.12. The number of nitrogens with one attached hydrogen (secondary N) is 2. The second-order valence-corrected chi connectivity index (χ2v) is 4.10. The third kappa shape index (κ3) is 9.28. The van der Waals surface area contributed by atoms with Gasteiger partial charge in [-0.1, -0.05) is 20.3 Å². The van der Waals surface area contributed by atoms with Gasteiger partial charge in [-0.3, -0.25) is 10.3 Å². The SMILES string of the molecule is CC(C)CN=C(NC#N)NCCCCCN. The van der Waals surface area contributed by atoms with Gasteiger partial charge in [-0.2, -0.15) is 5.26 Å². The summed E-state index contributed by atoms with van der Waals surface area (Å²) >= 11 is 0. The molecule has 0 saturated carbocycles. The molecular formula is C11H23N5. The molecule has 0 aromatic heterocycles. The van der Waals surface area contributed by atoms with Gasteiger partial charge < -0.3 is 11.1 Å². The molecule has 5 nitrogen and oxygen atoms in total. The van der Waals surface area contributed by atoms with Crippen LogP contribution in [-0.4, -0.2) is 25.6 Å². The maximum absolute atomic E-state index is 8.54. The van der Waals surface area contributed by atoms with Crippen molar-refractivity contribution in [3.8, 4) is 6.19 Å². The summed E-state index contributed by atoms with van der Waals surface area (Å²) in [5, 5.41) is 14.2. The Bertz CT molecular complexity index is 229. The Balaban J connectivity index is 3.77. The molecule has 0 bridgehead atoms. The van der Waals surface area contributed by atoms with Gasteiger partial charge in [-0.05, 0) is 25.3 Å². The molecule has 0 fully saturated rings. The molecule has 0 heterocycles. The van der Waals surface area contributed by atoms with Crippen LogP contribution >= 0.6 is 0 Å². The lowest BCUT2D eigenvalue weighted by molar-refractivity contribution is 0.647. The second-order valence-electron chi connectivity index (χ2n) is 4.10. The molecule has 0 aromatic carbocycles. The summed E-state index contributed by atoms with van der Waals surface area (Å²) in [6, 6.07) is 0. The topological polar surface area (TPSA) is 86.2 Å². The van der Waals surface area contributed by atoms with Crippen LogP contribution in [0.25, 0.3) is 0 Å². The molecule has 0 aromatic rings. The third-order valence-corrected chi connectivity index (χ3v) is 1.96. The normalized spacial score (nSPS) is 11.3. The highest BCUT2D eigenvalue weighted by Crippen LogP contribution is 1.93. The van der Waals surface area contributed by atoms with Gasteiger partial charge in [0, 0.05) is 13.1 Å². The predicted molar refractivity (Wildman–Crippen MR) is 66.8 cm³/mol. The average Bonchev–Trinajstić information content (AvgIpc) is 2.25. The number of nitrogens with zero attached hydrogens (tertiary/aromatic N) is 2. The van der Waals surface area contributed by atoms with E-state index in [2.05, 4.69) is 29.5 Å². The van der Waals surface area contributed by atoms with Crippen molar-refractivity contribution in [3.05, 3.63) is 0 Å². The molecule has 0 spiro atoms. The van der Waals surface area contributed by atoms with E-state index in [-0.39, 0.29) is 0 Å². The van der Waals surface area contributed by atoms with E-state index in [4.69, 9.17) is 11.0 Å². The maximum Gasteiger partial charge on any atom is 0.204 e. The number of hydrogen-bond acceptors (Lipinski definition) is 3. The van der Waals surface area contributed by atoms with Crippen molar-refractivity contribution < 1.29 is 0 Å². The summed E-state index contributed by atoms with van der Waals surface area (Å²) in [4.78, 5) is 4.28. The molecule has 0 aliphatic rings. The number of nitriles is 1. The van der Waals surface area contributed by atoms with Crippen LogP contribution in [0.3, 0.4) is 0 Å². The minimum absolute atomic E-state index is 0.495. The third-order valence-electron chi connectivity index (χ3n) is 1.96. The number of aliphatic imine (C=N–C) groups is 1. The summed E-state index contributed by atoms with van der Waals surface area (Å²) < 4.78 is 0. The number of unbranched alkanes of at least 4 members (excludes halogenated alkanes) is 2. The molecule has 4 N–H and O–H groups in total. The fourth-order valence-corrected chi connectivity index (χ4v) is 1.12. The first kappa shape index (κ1) is 14.7. The number of nitrogens with two attached hydrogens (primary N) is 1. The maximum atomic E-state index is 8.54. The number of rotatable bonds is 7. The molecule has 0 unspecified atom stereocenters. The predicted octanol–water partition coefficient (Wildman–Crippen LogP) is 0.788. The number of guanidine groups is 1. The van der Waals surface area contributed by atoms with Crippen molar-refractivity contribution in [3.63, 3.8) is 0 Å². The van der Waals surface area contributed by atoms with Gasteiger partial charge in [-0.25, -0.2) is 0 Å². The highest BCUT2D eigenvalue weighted by molar-refractivity contribution is 5.81. The van der Waals surface area contributed by atoms with Crippen molar-refractivity contribution in [2.45, 2.75) is 33.1 Å². The van der Waals surface area contributed by atoms with Gasteiger partial charge in [0.2, 0.25) is 5.96 Å². The second kappa shape index (κ2) is 10.2. The highest BCUT2D eigenvalue weighted by atomic mass is 15.2. The molecule has 5 heteroatoms. The van der Waals surface area contributed by atoms with E-state index in [1.807, 2.05) is 6.19 Å². The van der Waals surface area contributed by atoms with Crippen molar-refractivity contribution in [1.29, 1.82) is 5.26 Å². The molecule has 0 amide bonds. The van der Waals surface area contributed by atoms with Crippen molar-refractivity contribution in [1.82, 2.24) is 10.6 Å². The van der Waals surface area contributed by atoms with Gasteiger partial charge in [0.15, 0.2) is 6.19 Å². The van der Waals surface area contributed by atoms with Crippen molar-refractivity contribution >= 4 is 5.96 Å². The molecular weight excluding hydrogens is 202 g/mol. The molecule has 0 aliphatic carbocycles. The van der Waals surface area contributed by atoms with Crippen LogP contribution in [0.4, 0.5) is 0 Å². The van der Waals surface area contributed by atoms with Crippen LogP contribution < -0.4 is 16.4 Å². The lowest BCUT2D eigenvalue weighted by atomic mass is 10.2. The van der Waals surface area contributed by atoms with Crippen LogP contribution in [-0.2, 0) is 0 Å². The molecule has 0 saturated heterocycles. The van der Waals surface area contributed by atoms with E-state index >= 15 is 0 Å². The van der Waals surface area contributed by atoms with E-state index in [9.17, 15) is 0 Å². The Morgan fingerprint density at radius 1 is 1.38 bits per heavy atom. The van der Waals surface area contributed by atoms with Crippen molar-refractivity contribution in [2.24, 2.45) is 16.6 Å². The Labute approximate surface area is 98.1 Å². The Kier molecular flexibility index (Phi) is 9.43. The zero-order valence-electron chi connectivity index (χ0n) is 10.3. The zero-order valence-corrected chi connectivity index (χ0v) is 10.3. The van der Waals surface area contributed by atoms with Gasteiger partial charge in [0.05, 0.1) is 0 Å². The minimum Gasteiger partial charge on any atom is -0.356 e. The number of hydrogen-bond donors (Lipinski definition) is 3. The fraction of sp³-hybridized carbons (Fsp3) is 0.818. The highest BCUT2D eigenvalue weighted by Gasteiger charge is 1.97. The molecule has 0 rings (SSSR count). The summed E-state index contributed by atoms with van der Waals surface area (Å²) in [7, 11) is 0. The molecule has 16 heavy (non-hydrogen) atoms. The first-order chi connectivity index (χ1) is 7.70. The van der Waals surface area contributed by atoms with Crippen molar-refractivity contribution in [2.75, 3.05) is 19.6 Å². The van der Waals surface area contributed by atoms with E-state index < -0.39 is 0 Å². The first-order valence-corrected chi connectivity index (χ1v) is 5.84. The summed E-state index contributed by atoms with van der Waals surface area (Å²) in [5.41, 5.74) is 5.40. The van der Waals surface area contributed by atoms with E-state index in [0.29, 0.717) is 11.9 Å². The Morgan fingerprint density at radius 3 is 2.69 bits per heavy atom. The van der Waals surface area contributed by atoms with Crippen LogP contribution in [0.15, 0.2) is 4.99 Å². The first-order valence-electron chi connectivity index (χ1n) is 5.84. The summed E-state index contributed by atoms with van der Waals surface area (Å²) in [6.07, 6.45) is 5.08. The van der Waals surface area contributed by atoms with E-state index in [1.165, 1.54) is 0 Å². The Morgan fingerprint density at radius 2 is 2.12 bits per heavy atom. The molecule has 92 valence electrons. The monoisotopic (exact) mass is 225 g/mol. The van der Waals surface area contributed by atoms with E-state index in [0.717, 1.165) is 38.9 Å². The van der Waals surface area contributed by atoms with E-state index in [1.54, 1.807) is 0 Å². The summed E-state index contributed by atoms with van der Waals surface area (Å²) in [5.74, 6) is 1.07. The standard InChI is InChI=1S/C11H23N5/c1-10(2)8-15-11(16-9-13)14-7-5-3-4-6-12/h10H,3-8,12H2,1-2H3,(H2,14,15,16). The van der Waals surface area contributed by atoms with Gasteiger partial charge in [-0.15, -0.1) is 0 Å². The van der Waals surface area contributed by atoms with Crippen LogP contribution in [0.5, 0.6) is 0 Å². The lowest BCUT2D eigenvalue weighted by Crippen LogP contribution is -2.35. The average molecular weight is 225 g/mol. The smallest absolute Gasteiger partial charge is 0.204 e. The summed E-state index contributed by atoms with van der Waals surface area (Å²) in [6.45, 7) is 6.47. The quantitative estimate of drug-likeness (QED) is 0.196. The van der Waals surface area contributed by atoms with Gasteiger partial charge in [0.25, 0.3) is 0 Å². The largest absolute Gasteiger partial charge is 0.356 e. The van der Waals surface area contributed by atoms with Crippen LogP contribution in [0.2, 0.25) is 0 Å². The molecule has 0 radical (unpaired) electrons. The molecule has 0 atom stereocenters. The Hall–Kier alpha value is -1.28. The molecule has 0 aliphatic heterocycles. The van der Waals surface area contributed by atoms with Gasteiger partial charge >= 0.3 is 0 Å². The minimum atomic E-state index is 0.495. The van der Waals surface area contributed by atoms with Crippen LogP contribution in [0, 0.1) is 17.4 Å². The zero-order chi connectivity index (χ0) is 12.2.